The number of ether oxygens (including phenoxy) is 1. The zero-order valence-corrected chi connectivity index (χ0v) is 16.6. The summed E-state index contributed by atoms with van der Waals surface area (Å²) in [7, 11) is 0. The van der Waals surface area contributed by atoms with Crippen molar-refractivity contribution in [2.75, 3.05) is 5.32 Å². The monoisotopic (exact) mass is 405 g/mol. The Labute approximate surface area is 171 Å². The minimum Gasteiger partial charge on any atom is -0.457 e. The number of para-hydroxylation sites is 1. The Hall–Kier alpha value is -3.45. The third-order valence-corrected chi connectivity index (χ3v) is 5.54. The lowest BCUT2D eigenvalue weighted by molar-refractivity contribution is -0.116. The molecule has 2 aromatic heterocycles. The maximum Gasteiger partial charge on any atom is 0.262 e. The molecule has 0 saturated carbocycles. The van der Waals surface area contributed by atoms with Crippen molar-refractivity contribution in [1.82, 2.24) is 9.55 Å². The van der Waals surface area contributed by atoms with E-state index in [-0.39, 0.29) is 18.0 Å². The summed E-state index contributed by atoms with van der Waals surface area (Å²) in [6, 6.07) is 18.4. The maximum atomic E-state index is 12.6. The van der Waals surface area contributed by atoms with Crippen molar-refractivity contribution >= 4 is 33.1 Å². The first-order valence-electron chi connectivity index (χ1n) is 9.23. The number of fused-ring (bicyclic) bond motifs is 1. The molecule has 29 heavy (non-hydrogen) atoms. The molecule has 0 radical (unpaired) electrons. The smallest absolute Gasteiger partial charge is 0.262 e. The number of hydrogen-bond donors (Lipinski definition) is 1. The molecule has 4 rings (SSSR count). The summed E-state index contributed by atoms with van der Waals surface area (Å²) in [6.07, 6.45) is 2.28. The van der Waals surface area contributed by atoms with Gasteiger partial charge in [-0.05, 0) is 48.9 Å². The average molecular weight is 405 g/mol. The van der Waals surface area contributed by atoms with Crippen LogP contribution in [-0.2, 0) is 17.8 Å². The second-order valence-corrected chi connectivity index (χ2v) is 7.57. The van der Waals surface area contributed by atoms with Crippen molar-refractivity contribution in [1.29, 1.82) is 0 Å². The molecule has 0 aliphatic rings. The lowest BCUT2D eigenvalue weighted by atomic mass is 10.3. The number of benzene rings is 2. The van der Waals surface area contributed by atoms with E-state index < -0.39 is 0 Å². The van der Waals surface area contributed by atoms with Gasteiger partial charge in [0.05, 0.1) is 11.7 Å². The van der Waals surface area contributed by atoms with Gasteiger partial charge in [0.25, 0.3) is 5.56 Å². The van der Waals surface area contributed by atoms with Crippen molar-refractivity contribution in [3.63, 3.8) is 0 Å². The predicted octanol–water partition coefficient (Wildman–Crippen LogP) is 4.45. The molecule has 146 valence electrons. The third-order valence-electron chi connectivity index (χ3n) is 4.35. The molecule has 0 bridgehead atoms. The Balaban J connectivity index is 1.42. The van der Waals surface area contributed by atoms with Crippen LogP contribution in [0.3, 0.4) is 0 Å². The summed E-state index contributed by atoms with van der Waals surface area (Å²) in [6.45, 7) is 1.94. The van der Waals surface area contributed by atoms with Crippen molar-refractivity contribution in [2.45, 2.75) is 19.9 Å². The number of nitrogens with zero attached hydrogens (tertiary/aromatic N) is 2. The third kappa shape index (κ3) is 4.35. The van der Waals surface area contributed by atoms with E-state index in [0.717, 1.165) is 17.0 Å². The van der Waals surface area contributed by atoms with Crippen LogP contribution in [0.2, 0.25) is 0 Å². The fourth-order valence-corrected chi connectivity index (χ4v) is 3.81. The molecule has 4 aromatic rings. The van der Waals surface area contributed by atoms with Gasteiger partial charge in [-0.3, -0.25) is 14.2 Å². The van der Waals surface area contributed by atoms with E-state index in [2.05, 4.69) is 10.3 Å². The van der Waals surface area contributed by atoms with Crippen LogP contribution in [0.5, 0.6) is 11.5 Å². The molecule has 0 saturated heterocycles. The van der Waals surface area contributed by atoms with E-state index in [9.17, 15) is 9.59 Å². The van der Waals surface area contributed by atoms with Crippen LogP contribution in [-0.4, -0.2) is 15.5 Å². The summed E-state index contributed by atoms with van der Waals surface area (Å²) < 4.78 is 7.07. The zero-order chi connectivity index (χ0) is 20.2. The molecule has 2 aromatic carbocycles. The van der Waals surface area contributed by atoms with Crippen LogP contribution in [0, 0.1) is 0 Å². The number of amides is 1. The standard InChI is InChI=1S/C22H19N3O3S/c1-2-18-12-19-21(29-18)23-14-25(22(19)27)13-20(26)24-15-8-10-17(11-9-15)28-16-6-4-3-5-7-16/h3-12,14H,2,13H2,1H3,(H,24,26). The normalized spacial score (nSPS) is 10.8. The second-order valence-electron chi connectivity index (χ2n) is 6.45. The van der Waals surface area contributed by atoms with Gasteiger partial charge in [-0.1, -0.05) is 25.1 Å². The number of anilines is 1. The average Bonchev–Trinajstić information content (AvgIpc) is 3.17. The summed E-state index contributed by atoms with van der Waals surface area (Å²) >= 11 is 1.51. The lowest BCUT2D eigenvalue weighted by Gasteiger charge is -2.09. The molecule has 0 unspecified atom stereocenters. The van der Waals surface area contributed by atoms with E-state index in [1.54, 1.807) is 24.3 Å². The van der Waals surface area contributed by atoms with Crippen LogP contribution in [0.1, 0.15) is 11.8 Å². The van der Waals surface area contributed by atoms with Crippen LogP contribution in [0.4, 0.5) is 5.69 Å². The topological polar surface area (TPSA) is 73.2 Å². The Morgan fingerprint density at radius 2 is 1.83 bits per heavy atom. The Bertz CT molecular complexity index is 1200. The van der Waals surface area contributed by atoms with Crippen LogP contribution in [0.25, 0.3) is 10.2 Å². The van der Waals surface area contributed by atoms with Gasteiger partial charge in [0.2, 0.25) is 5.91 Å². The quantitative estimate of drug-likeness (QED) is 0.514. The molecular formula is C22H19N3O3S. The minimum absolute atomic E-state index is 0.0959. The summed E-state index contributed by atoms with van der Waals surface area (Å²) in [5, 5.41) is 3.35. The molecule has 0 atom stereocenters. The lowest BCUT2D eigenvalue weighted by Crippen LogP contribution is -2.27. The molecular weight excluding hydrogens is 386 g/mol. The molecule has 0 fully saturated rings. The zero-order valence-electron chi connectivity index (χ0n) is 15.8. The Morgan fingerprint density at radius 1 is 1.10 bits per heavy atom. The molecule has 6 nitrogen and oxygen atoms in total. The molecule has 2 heterocycles. The fraction of sp³-hybridized carbons (Fsp3) is 0.136. The van der Waals surface area contributed by atoms with E-state index >= 15 is 0 Å². The first kappa shape index (κ1) is 18.9. The van der Waals surface area contributed by atoms with E-state index in [1.807, 2.05) is 43.3 Å². The fourth-order valence-electron chi connectivity index (χ4n) is 2.88. The number of aryl methyl sites for hydroxylation is 1. The van der Waals surface area contributed by atoms with Crippen molar-refractivity contribution in [2.24, 2.45) is 0 Å². The van der Waals surface area contributed by atoms with Gasteiger partial charge in [0.15, 0.2) is 0 Å². The molecule has 7 heteroatoms. The first-order chi connectivity index (χ1) is 14.1. The number of hydrogen-bond acceptors (Lipinski definition) is 5. The largest absolute Gasteiger partial charge is 0.457 e. The SMILES string of the molecule is CCc1cc2c(=O)n(CC(=O)Nc3ccc(Oc4ccccc4)cc3)cnc2s1. The van der Waals surface area contributed by atoms with Gasteiger partial charge < -0.3 is 10.1 Å². The highest BCUT2D eigenvalue weighted by molar-refractivity contribution is 7.18. The van der Waals surface area contributed by atoms with Crippen LogP contribution >= 0.6 is 11.3 Å². The highest BCUT2D eigenvalue weighted by Gasteiger charge is 2.11. The summed E-state index contributed by atoms with van der Waals surface area (Å²) in [5.41, 5.74) is 0.425. The van der Waals surface area contributed by atoms with Crippen molar-refractivity contribution in [3.8, 4) is 11.5 Å². The number of nitrogens with one attached hydrogen (secondary N) is 1. The Kier molecular flexibility index (Phi) is 5.39. The van der Waals surface area contributed by atoms with Gasteiger partial charge in [-0.25, -0.2) is 4.98 Å². The number of carbonyl (C=O) groups is 1. The molecule has 1 amide bonds. The Morgan fingerprint density at radius 3 is 2.55 bits per heavy atom. The van der Waals surface area contributed by atoms with Crippen molar-refractivity contribution in [3.05, 3.63) is 82.2 Å². The van der Waals surface area contributed by atoms with Crippen LogP contribution in [0.15, 0.2) is 71.8 Å². The minimum atomic E-state index is -0.295. The van der Waals surface area contributed by atoms with Gasteiger partial charge >= 0.3 is 0 Å². The highest BCUT2D eigenvalue weighted by atomic mass is 32.1. The van der Waals surface area contributed by atoms with E-state index in [1.165, 1.54) is 22.2 Å². The number of aromatic nitrogens is 2. The summed E-state index contributed by atoms with van der Waals surface area (Å²) in [4.78, 5) is 31.1. The molecule has 0 spiro atoms. The number of rotatable bonds is 6. The van der Waals surface area contributed by atoms with E-state index in [4.69, 9.17) is 4.74 Å². The molecule has 0 aliphatic carbocycles. The predicted molar refractivity (Wildman–Crippen MR) is 115 cm³/mol. The van der Waals surface area contributed by atoms with Gasteiger partial charge in [0.1, 0.15) is 22.9 Å². The van der Waals surface area contributed by atoms with Gasteiger partial charge in [-0.2, -0.15) is 0 Å². The number of thiophene rings is 1. The highest BCUT2D eigenvalue weighted by Crippen LogP contribution is 2.23. The first-order valence-corrected chi connectivity index (χ1v) is 10.0. The van der Waals surface area contributed by atoms with Gasteiger partial charge in [0, 0.05) is 10.6 Å². The molecule has 0 aliphatic heterocycles. The molecule has 1 N–H and O–H groups in total. The maximum absolute atomic E-state index is 12.6. The van der Waals surface area contributed by atoms with Crippen LogP contribution < -0.4 is 15.6 Å². The second kappa shape index (κ2) is 8.28. The van der Waals surface area contributed by atoms with Crippen molar-refractivity contribution < 1.29 is 9.53 Å². The van der Waals surface area contributed by atoms with Gasteiger partial charge in [-0.15, -0.1) is 11.3 Å². The summed E-state index contributed by atoms with van der Waals surface area (Å²) in [5.74, 6) is 1.12. The number of carbonyl (C=O) groups excluding carboxylic acids is 1. The van der Waals surface area contributed by atoms with E-state index in [0.29, 0.717) is 21.7 Å².